The van der Waals surface area contributed by atoms with E-state index >= 15 is 0 Å². The van der Waals surface area contributed by atoms with Crippen LogP contribution < -0.4 is 5.32 Å². The van der Waals surface area contributed by atoms with Gasteiger partial charge >= 0.3 is 0 Å². The molecule has 19 heavy (non-hydrogen) atoms. The van der Waals surface area contributed by atoms with Crippen molar-refractivity contribution in [2.24, 2.45) is 0 Å². The van der Waals surface area contributed by atoms with E-state index in [-0.39, 0.29) is 5.91 Å². The first-order valence-corrected chi connectivity index (χ1v) is 6.91. The third kappa shape index (κ3) is 2.31. The Bertz CT molecular complexity index is 644. The Morgan fingerprint density at radius 2 is 2.21 bits per heavy atom. The monoisotopic (exact) mass is 272 g/mol. The molecule has 1 heterocycles. The summed E-state index contributed by atoms with van der Waals surface area (Å²) in [7, 11) is 1.61. The van der Waals surface area contributed by atoms with Crippen LogP contribution >= 0.6 is 11.8 Å². The van der Waals surface area contributed by atoms with Crippen LogP contribution in [-0.4, -0.2) is 33.9 Å². The fourth-order valence-corrected chi connectivity index (χ4v) is 2.70. The number of hydrogen-bond donors (Lipinski definition) is 1. The average Bonchev–Trinajstić information content (AvgIpc) is 2.82. The van der Waals surface area contributed by atoms with Gasteiger partial charge in [0.2, 0.25) is 11.1 Å². The molecule has 96 valence electrons. The van der Waals surface area contributed by atoms with E-state index in [4.69, 9.17) is 0 Å². The molecule has 0 fully saturated rings. The molecule has 6 heteroatoms. The lowest BCUT2D eigenvalue weighted by atomic mass is 10.1. The predicted octanol–water partition coefficient (Wildman–Crippen LogP) is 1.28. The molecule has 0 atom stereocenters. The number of rotatable bonds is 3. The highest BCUT2D eigenvalue weighted by atomic mass is 32.2. The summed E-state index contributed by atoms with van der Waals surface area (Å²) in [5.41, 5.74) is 4.14. The minimum atomic E-state index is -0.0441. The van der Waals surface area contributed by atoms with Crippen LogP contribution in [0.2, 0.25) is 0 Å². The zero-order chi connectivity index (χ0) is 13.2. The maximum Gasteiger partial charge on any atom is 0.230 e. The molecular weight excluding hydrogens is 260 g/mol. The van der Waals surface area contributed by atoms with Gasteiger partial charge in [-0.2, -0.15) is 0 Å². The molecule has 1 aliphatic carbocycles. The van der Waals surface area contributed by atoms with Gasteiger partial charge in [-0.05, 0) is 5.56 Å². The average molecular weight is 272 g/mol. The first-order chi connectivity index (χ1) is 9.28. The van der Waals surface area contributed by atoms with E-state index in [0.717, 1.165) is 23.4 Å². The second-order valence-corrected chi connectivity index (χ2v) is 5.13. The summed E-state index contributed by atoms with van der Waals surface area (Å²) >= 11 is 1.30. The third-order valence-corrected chi connectivity index (χ3v) is 3.82. The first-order valence-electron chi connectivity index (χ1n) is 5.93. The third-order valence-electron chi connectivity index (χ3n) is 2.98. The molecule has 0 radical (unpaired) electrons. The predicted molar refractivity (Wildman–Crippen MR) is 72.9 cm³/mol. The molecule has 1 N–H and O–H groups in total. The number of nitrogens with zero attached hydrogens (tertiary/aromatic N) is 3. The number of carbonyl (C=O) groups excluding carboxylic acids is 1. The SMILES string of the molecule is CNC(=O)CSc1nnc2c(n1)Cc1ccccc1-2. The van der Waals surface area contributed by atoms with Gasteiger partial charge in [0.05, 0.1) is 11.4 Å². The molecule has 1 amide bonds. The molecule has 3 rings (SSSR count). The summed E-state index contributed by atoms with van der Waals surface area (Å²) < 4.78 is 0. The summed E-state index contributed by atoms with van der Waals surface area (Å²) in [4.78, 5) is 15.7. The van der Waals surface area contributed by atoms with E-state index in [1.807, 2.05) is 18.2 Å². The van der Waals surface area contributed by atoms with Gasteiger partial charge in [0.15, 0.2) is 0 Å². The van der Waals surface area contributed by atoms with Gasteiger partial charge in [-0.15, -0.1) is 10.2 Å². The molecular formula is C13H12N4OS. The minimum Gasteiger partial charge on any atom is -0.358 e. The summed E-state index contributed by atoms with van der Waals surface area (Å²) in [5.74, 6) is 0.265. The molecule has 2 aromatic rings. The van der Waals surface area contributed by atoms with Crippen molar-refractivity contribution in [3.63, 3.8) is 0 Å². The van der Waals surface area contributed by atoms with Crippen molar-refractivity contribution in [3.8, 4) is 11.3 Å². The summed E-state index contributed by atoms with van der Waals surface area (Å²) in [6, 6.07) is 8.12. The van der Waals surface area contributed by atoms with Gasteiger partial charge in [-0.1, -0.05) is 36.0 Å². The Hall–Kier alpha value is -1.95. The van der Waals surface area contributed by atoms with Gasteiger partial charge in [-0.3, -0.25) is 4.79 Å². The quantitative estimate of drug-likeness (QED) is 0.727. The van der Waals surface area contributed by atoms with Crippen molar-refractivity contribution in [1.82, 2.24) is 20.5 Å². The zero-order valence-electron chi connectivity index (χ0n) is 10.4. The smallest absolute Gasteiger partial charge is 0.230 e. The normalized spacial score (nSPS) is 11.8. The number of thioether (sulfide) groups is 1. The highest BCUT2D eigenvalue weighted by Crippen LogP contribution is 2.33. The standard InChI is InChI=1S/C13H12N4OS/c1-14-11(18)7-19-13-15-10-6-8-4-2-3-5-9(8)12(10)16-17-13/h2-5H,6-7H2,1H3,(H,14,18). The lowest BCUT2D eigenvalue weighted by Gasteiger charge is -2.01. The topological polar surface area (TPSA) is 67.8 Å². The highest BCUT2D eigenvalue weighted by Gasteiger charge is 2.21. The van der Waals surface area contributed by atoms with Crippen molar-refractivity contribution in [2.75, 3.05) is 12.8 Å². The van der Waals surface area contributed by atoms with Gasteiger partial charge in [-0.25, -0.2) is 4.98 Å². The van der Waals surface area contributed by atoms with E-state index in [0.29, 0.717) is 10.9 Å². The number of carbonyl (C=O) groups is 1. The Labute approximate surface area is 114 Å². The van der Waals surface area contributed by atoms with Gasteiger partial charge in [0, 0.05) is 19.0 Å². The molecule has 0 aliphatic heterocycles. The van der Waals surface area contributed by atoms with Gasteiger partial charge in [0.25, 0.3) is 0 Å². The molecule has 0 bridgehead atoms. The maximum atomic E-state index is 11.2. The Kier molecular flexibility index (Phi) is 3.16. The van der Waals surface area contributed by atoms with Crippen molar-refractivity contribution in [3.05, 3.63) is 35.5 Å². The van der Waals surface area contributed by atoms with Crippen molar-refractivity contribution >= 4 is 17.7 Å². The van der Waals surface area contributed by atoms with Crippen molar-refractivity contribution in [2.45, 2.75) is 11.6 Å². The van der Waals surface area contributed by atoms with Crippen LogP contribution in [0, 0.1) is 0 Å². The number of nitrogens with one attached hydrogen (secondary N) is 1. The highest BCUT2D eigenvalue weighted by molar-refractivity contribution is 7.99. The second-order valence-electron chi connectivity index (χ2n) is 4.19. The second kappa shape index (κ2) is 4.97. The molecule has 0 unspecified atom stereocenters. The van der Waals surface area contributed by atoms with E-state index in [2.05, 4.69) is 26.6 Å². The lowest BCUT2D eigenvalue weighted by Crippen LogP contribution is -2.20. The minimum absolute atomic E-state index is 0.0441. The van der Waals surface area contributed by atoms with Crippen LogP contribution in [0.25, 0.3) is 11.3 Å². The van der Waals surface area contributed by atoms with Crippen molar-refractivity contribution in [1.29, 1.82) is 0 Å². The molecule has 1 aromatic carbocycles. The van der Waals surface area contributed by atoms with Gasteiger partial charge < -0.3 is 5.32 Å². The molecule has 0 saturated carbocycles. The number of benzene rings is 1. The van der Waals surface area contributed by atoms with E-state index in [1.54, 1.807) is 7.05 Å². The Balaban J connectivity index is 1.83. The molecule has 5 nitrogen and oxygen atoms in total. The summed E-state index contributed by atoms with van der Waals surface area (Å²) in [6.45, 7) is 0. The lowest BCUT2D eigenvalue weighted by molar-refractivity contribution is -0.118. The number of hydrogen-bond acceptors (Lipinski definition) is 5. The van der Waals surface area contributed by atoms with Crippen LogP contribution in [-0.2, 0) is 11.2 Å². The summed E-state index contributed by atoms with van der Waals surface area (Å²) in [5, 5.41) is 11.4. The fourth-order valence-electron chi connectivity index (χ4n) is 2.02. The van der Waals surface area contributed by atoms with Crippen LogP contribution in [0.1, 0.15) is 11.3 Å². The van der Waals surface area contributed by atoms with Gasteiger partial charge in [0.1, 0.15) is 5.69 Å². The Morgan fingerprint density at radius 1 is 1.37 bits per heavy atom. The first kappa shape index (κ1) is 12.1. The largest absolute Gasteiger partial charge is 0.358 e. The van der Waals surface area contributed by atoms with Crippen LogP contribution in [0.4, 0.5) is 0 Å². The Morgan fingerprint density at radius 3 is 3.05 bits per heavy atom. The number of amides is 1. The van der Waals surface area contributed by atoms with E-state index < -0.39 is 0 Å². The van der Waals surface area contributed by atoms with Crippen LogP contribution in [0.5, 0.6) is 0 Å². The molecule has 0 saturated heterocycles. The van der Waals surface area contributed by atoms with E-state index in [1.165, 1.54) is 17.3 Å². The van der Waals surface area contributed by atoms with E-state index in [9.17, 15) is 4.79 Å². The summed E-state index contributed by atoms with van der Waals surface area (Å²) in [6.07, 6.45) is 0.786. The number of aromatic nitrogens is 3. The van der Waals surface area contributed by atoms with Crippen LogP contribution in [0.15, 0.2) is 29.4 Å². The fraction of sp³-hybridized carbons (Fsp3) is 0.231. The molecule has 1 aromatic heterocycles. The number of fused-ring (bicyclic) bond motifs is 3. The van der Waals surface area contributed by atoms with Crippen LogP contribution in [0.3, 0.4) is 0 Å². The molecule has 1 aliphatic rings. The molecule has 0 spiro atoms. The maximum absolute atomic E-state index is 11.2. The van der Waals surface area contributed by atoms with Crippen molar-refractivity contribution < 1.29 is 4.79 Å². The zero-order valence-corrected chi connectivity index (χ0v) is 11.2.